The predicted octanol–water partition coefficient (Wildman–Crippen LogP) is 2.10. The maximum absolute atomic E-state index is 13.1. The Bertz CT molecular complexity index is 878. The summed E-state index contributed by atoms with van der Waals surface area (Å²) in [6.45, 7) is 2.11. The summed E-state index contributed by atoms with van der Waals surface area (Å²) in [4.78, 5) is 11.2. The van der Waals surface area contributed by atoms with Crippen molar-refractivity contribution in [2.75, 3.05) is 26.0 Å². The van der Waals surface area contributed by atoms with Crippen molar-refractivity contribution in [2.45, 2.75) is 36.0 Å². The standard InChI is InChI=1S/C16H22ClNO6S2/c1-3-24-16(19)8-9-18(11-12-4-5-12)26(22,23)15-10-13(25(2,20)21)6-7-14(15)17/h6-7,10,12H,3-5,8-9,11H2,1-2H3. The van der Waals surface area contributed by atoms with Gasteiger partial charge in [0.05, 0.1) is 22.9 Å². The van der Waals surface area contributed by atoms with Crippen LogP contribution < -0.4 is 0 Å². The first-order valence-electron chi connectivity index (χ1n) is 8.21. The topological polar surface area (TPSA) is 97.8 Å². The fraction of sp³-hybridized carbons (Fsp3) is 0.562. The van der Waals surface area contributed by atoms with Crippen molar-refractivity contribution in [3.63, 3.8) is 0 Å². The second-order valence-corrected chi connectivity index (χ2v) is 10.6. The van der Waals surface area contributed by atoms with Gasteiger partial charge in [0, 0.05) is 19.3 Å². The predicted molar refractivity (Wildman–Crippen MR) is 97.3 cm³/mol. The van der Waals surface area contributed by atoms with E-state index in [0.29, 0.717) is 0 Å². The lowest BCUT2D eigenvalue weighted by atomic mass is 10.4. The summed E-state index contributed by atoms with van der Waals surface area (Å²) >= 11 is 6.05. The second-order valence-electron chi connectivity index (χ2n) is 6.23. The Hall–Kier alpha value is -1.16. The average Bonchev–Trinajstić information content (AvgIpc) is 3.34. The smallest absolute Gasteiger partial charge is 0.307 e. The third-order valence-corrected chi connectivity index (χ3v) is 7.43. The molecule has 0 saturated heterocycles. The van der Waals surface area contributed by atoms with Gasteiger partial charge in [0.15, 0.2) is 9.84 Å². The fourth-order valence-corrected chi connectivity index (χ4v) is 5.14. The zero-order chi connectivity index (χ0) is 19.5. The van der Waals surface area contributed by atoms with Crippen molar-refractivity contribution in [1.29, 1.82) is 0 Å². The molecule has 0 aliphatic heterocycles. The lowest BCUT2D eigenvalue weighted by Crippen LogP contribution is -2.35. The molecule has 0 heterocycles. The Labute approximate surface area is 159 Å². The van der Waals surface area contributed by atoms with E-state index >= 15 is 0 Å². The van der Waals surface area contributed by atoms with E-state index in [4.69, 9.17) is 16.3 Å². The summed E-state index contributed by atoms with van der Waals surface area (Å²) < 4.78 is 55.7. The van der Waals surface area contributed by atoms with E-state index in [0.717, 1.165) is 25.2 Å². The third-order valence-electron chi connectivity index (χ3n) is 3.98. The summed E-state index contributed by atoms with van der Waals surface area (Å²) in [6.07, 6.45) is 2.75. The van der Waals surface area contributed by atoms with Gasteiger partial charge >= 0.3 is 5.97 Å². The van der Waals surface area contributed by atoms with Crippen LogP contribution in [0.2, 0.25) is 5.02 Å². The van der Waals surface area contributed by atoms with Gasteiger partial charge < -0.3 is 4.74 Å². The maximum Gasteiger partial charge on any atom is 0.307 e. The molecule has 1 fully saturated rings. The lowest BCUT2D eigenvalue weighted by Gasteiger charge is -2.22. The number of halogens is 1. The van der Waals surface area contributed by atoms with Gasteiger partial charge in [0.25, 0.3) is 0 Å². The largest absolute Gasteiger partial charge is 0.466 e. The minimum atomic E-state index is -4.05. The van der Waals surface area contributed by atoms with Crippen molar-refractivity contribution < 1.29 is 26.4 Å². The number of rotatable bonds is 9. The van der Waals surface area contributed by atoms with Crippen LogP contribution in [0.5, 0.6) is 0 Å². The lowest BCUT2D eigenvalue weighted by molar-refractivity contribution is -0.143. The molecule has 10 heteroatoms. The van der Waals surface area contributed by atoms with Gasteiger partial charge in [-0.3, -0.25) is 4.79 Å². The number of hydrogen-bond donors (Lipinski definition) is 0. The molecule has 1 aliphatic carbocycles. The first kappa shape index (κ1) is 21.1. The number of carbonyl (C=O) groups excluding carboxylic acids is 1. The molecular formula is C16H22ClNO6S2. The molecule has 1 aromatic rings. The highest BCUT2D eigenvalue weighted by Crippen LogP contribution is 2.33. The Morgan fingerprint density at radius 1 is 1.27 bits per heavy atom. The molecule has 1 aliphatic rings. The van der Waals surface area contributed by atoms with Crippen LogP contribution >= 0.6 is 11.6 Å². The SMILES string of the molecule is CCOC(=O)CCN(CC1CC1)S(=O)(=O)c1cc(S(C)(=O)=O)ccc1Cl. The number of sulfonamides is 1. The summed E-state index contributed by atoms with van der Waals surface area (Å²) in [5.74, 6) is -0.247. The molecule has 0 N–H and O–H groups in total. The van der Waals surface area contributed by atoms with Crippen molar-refractivity contribution in [1.82, 2.24) is 4.31 Å². The van der Waals surface area contributed by atoms with Crippen LogP contribution in [-0.4, -0.2) is 53.1 Å². The van der Waals surface area contributed by atoms with Crippen LogP contribution in [0.25, 0.3) is 0 Å². The van der Waals surface area contributed by atoms with Gasteiger partial charge in [-0.25, -0.2) is 16.8 Å². The van der Waals surface area contributed by atoms with Crippen molar-refractivity contribution in [2.24, 2.45) is 5.92 Å². The Balaban J connectivity index is 2.34. The van der Waals surface area contributed by atoms with Crippen LogP contribution in [0.4, 0.5) is 0 Å². The summed E-state index contributed by atoms with van der Waals surface area (Å²) in [6, 6.07) is 3.59. The number of nitrogens with zero attached hydrogens (tertiary/aromatic N) is 1. The summed E-state index contributed by atoms with van der Waals surface area (Å²) in [5.41, 5.74) is 0. The van der Waals surface area contributed by atoms with Gasteiger partial charge in [-0.1, -0.05) is 11.6 Å². The molecule has 7 nitrogen and oxygen atoms in total. The van der Waals surface area contributed by atoms with Crippen LogP contribution in [0.1, 0.15) is 26.2 Å². The van der Waals surface area contributed by atoms with Crippen molar-refractivity contribution in [3.8, 4) is 0 Å². The van der Waals surface area contributed by atoms with Gasteiger partial charge in [-0.15, -0.1) is 0 Å². The van der Waals surface area contributed by atoms with E-state index < -0.39 is 25.8 Å². The van der Waals surface area contributed by atoms with Gasteiger partial charge in [-0.05, 0) is 43.9 Å². The van der Waals surface area contributed by atoms with Crippen molar-refractivity contribution in [3.05, 3.63) is 23.2 Å². The summed E-state index contributed by atoms with van der Waals surface area (Å²) in [5, 5.41) is -0.0608. The second kappa shape index (κ2) is 8.24. The Kier molecular flexibility index (Phi) is 6.70. The highest BCUT2D eigenvalue weighted by molar-refractivity contribution is 7.91. The first-order valence-corrected chi connectivity index (χ1v) is 11.9. The van der Waals surface area contributed by atoms with E-state index in [1.165, 1.54) is 16.4 Å². The zero-order valence-electron chi connectivity index (χ0n) is 14.6. The van der Waals surface area contributed by atoms with Crippen LogP contribution in [-0.2, 0) is 29.4 Å². The van der Waals surface area contributed by atoms with E-state index in [-0.39, 0.29) is 46.8 Å². The molecule has 1 aromatic carbocycles. The molecule has 1 saturated carbocycles. The Morgan fingerprint density at radius 3 is 2.46 bits per heavy atom. The average molecular weight is 424 g/mol. The highest BCUT2D eigenvalue weighted by atomic mass is 35.5. The van der Waals surface area contributed by atoms with Crippen LogP contribution in [0.3, 0.4) is 0 Å². The normalized spacial score (nSPS) is 15.2. The Morgan fingerprint density at radius 2 is 1.92 bits per heavy atom. The maximum atomic E-state index is 13.1. The van der Waals surface area contributed by atoms with Crippen LogP contribution in [0.15, 0.2) is 28.0 Å². The molecule has 26 heavy (non-hydrogen) atoms. The van der Waals surface area contributed by atoms with Gasteiger partial charge in [-0.2, -0.15) is 4.31 Å². The van der Waals surface area contributed by atoms with E-state index in [1.54, 1.807) is 6.92 Å². The number of hydrogen-bond acceptors (Lipinski definition) is 6. The minimum Gasteiger partial charge on any atom is -0.466 e. The number of esters is 1. The molecule has 0 atom stereocenters. The summed E-state index contributed by atoms with van der Waals surface area (Å²) in [7, 11) is -7.64. The molecular weight excluding hydrogens is 402 g/mol. The number of sulfone groups is 1. The molecule has 0 aromatic heterocycles. The number of ether oxygens (including phenoxy) is 1. The van der Waals surface area contributed by atoms with Gasteiger partial charge in [0.2, 0.25) is 10.0 Å². The van der Waals surface area contributed by atoms with Gasteiger partial charge in [0.1, 0.15) is 4.90 Å². The van der Waals surface area contributed by atoms with Crippen molar-refractivity contribution >= 4 is 37.4 Å². The monoisotopic (exact) mass is 423 g/mol. The van der Waals surface area contributed by atoms with Crippen LogP contribution in [0, 0.1) is 5.92 Å². The van der Waals surface area contributed by atoms with E-state index in [9.17, 15) is 21.6 Å². The number of carbonyl (C=O) groups is 1. The van der Waals surface area contributed by atoms with E-state index in [1.807, 2.05) is 0 Å². The molecule has 146 valence electrons. The molecule has 0 spiro atoms. The highest BCUT2D eigenvalue weighted by Gasteiger charge is 2.33. The number of benzene rings is 1. The molecule has 0 bridgehead atoms. The molecule has 0 radical (unpaired) electrons. The first-order chi connectivity index (χ1) is 12.1. The molecule has 2 rings (SSSR count). The zero-order valence-corrected chi connectivity index (χ0v) is 17.0. The fourth-order valence-electron chi connectivity index (χ4n) is 2.40. The minimum absolute atomic E-state index is 0.0445. The van der Waals surface area contributed by atoms with E-state index in [2.05, 4.69) is 0 Å². The molecule has 0 unspecified atom stereocenters. The quantitative estimate of drug-likeness (QED) is 0.564. The molecule has 0 amide bonds. The third kappa shape index (κ3) is 5.42.